The molecule has 16 heteroatoms. The molecule has 6 bridgehead atoms. The lowest BCUT2D eigenvalue weighted by molar-refractivity contribution is -0.959. The number of rotatable bonds is 6. The molecule has 11 atom stereocenters. The Morgan fingerprint density at radius 3 is 1.42 bits per heavy atom. The molecule has 3 aromatic rings. The molecule has 0 amide bonds. The van der Waals surface area contributed by atoms with Crippen LogP contribution in [0.3, 0.4) is 0 Å². The maximum atomic E-state index is 11.4. The summed E-state index contributed by atoms with van der Waals surface area (Å²) in [6.07, 6.45) is 22.2. The van der Waals surface area contributed by atoms with E-state index < -0.39 is 0 Å². The van der Waals surface area contributed by atoms with E-state index in [0.29, 0.717) is 65.6 Å². The molecule has 3 saturated carbocycles. The van der Waals surface area contributed by atoms with Gasteiger partial charge < -0.3 is 58.9 Å². The Balaban J connectivity index is 0.000000161. The van der Waals surface area contributed by atoms with Crippen LogP contribution in [0, 0.1) is 17.8 Å². The van der Waals surface area contributed by atoms with Crippen LogP contribution >= 0.6 is 15.9 Å². The second-order valence-electron chi connectivity index (χ2n) is 24.8. The van der Waals surface area contributed by atoms with E-state index in [0.717, 1.165) is 59.7 Å². The predicted molar refractivity (Wildman–Crippen MR) is 295 cm³/mol. The van der Waals surface area contributed by atoms with E-state index in [9.17, 15) is 29.4 Å². The third-order valence-corrected chi connectivity index (χ3v) is 20.9. The minimum Gasteiger partial charge on any atom is -1.00 e. The van der Waals surface area contributed by atoms with Gasteiger partial charge in [-0.2, -0.15) is 0 Å². The highest BCUT2D eigenvalue weighted by Gasteiger charge is 2.61. The van der Waals surface area contributed by atoms with Crippen molar-refractivity contribution in [3.8, 4) is 17.2 Å². The van der Waals surface area contributed by atoms with E-state index in [-0.39, 0.29) is 59.5 Å². The number of hydrogen-bond donors (Lipinski definition) is 2. The van der Waals surface area contributed by atoms with Crippen LogP contribution in [0.1, 0.15) is 157 Å². The van der Waals surface area contributed by atoms with Crippen molar-refractivity contribution in [1.82, 2.24) is 4.90 Å². The second kappa shape index (κ2) is 25.1. The van der Waals surface area contributed by atoms with Crippen LogP contribution in [0.25, 0.3) is 0 Å². The lowest BCUT2D eigenvalue weighted by Gasteiger charge is -2.60. The van der Waals surface area contributed by atoms with Gasteiger partial charge in [0.25, 0.3) is 0 Å². The molecule has 3 saturated heterocycles. The molecule has 13 nitrogen and oxygen atoms in total. The smallest absolute Gasteiger partial charge is 0.308 e. The Morgan fingerprint density at radius 1 is 0.564 bits per heavy atom. The summed E-state index contributed by atoms with van der Waals surface area (Å²) in [5.74, 6) is 2.66. The van der Waals surface area contributed by atoms with Gasteiger partial charge in [0.15, 0.2) is 0 Å². The summed E-state index contributed by atoms with van der Waals surface area (Å²) in [7, 11) is 6.82. The number of piperidine rings is 3. The van der Waals surface area contributed by atoms with Crippen molar-refractivity contribution in [1.29, 1.82) is 0 Å². The average Bonchev–Trinajstić information content (AvgIpc) is 3.60. The van der Waals surface area contributed by atoms with E-state index in [2.05, 4.69) is 77.0 Å². The number of nitrogens with zero attached hydrogens (tertiary/aromatic N) is 3. The third kappa shape index (κ3) is 12.0. The standard InChI is InChI=1S/C22H30NO4.C20H27NO3.C17H23NO.C3H5BrO2.2ClH/c1-15(24)26-14-23(3)11-10-22-9-5-4-6-19(22)21(23)12-17-7-8-18(13-20(17)22)27-16(2)25;1-14(22)24-13-21(2)10-9-20-8-4-3-5-17(20)19(21)11-15-6-7-16(23)12-18(15)20;1-18-9-8-17-7-3-2-4-14(17)16(18)10-12-5-6-13(19)11-15(12)17;1-3(5)6-2-4;;/h7-8,13,19,21H,4-6,9-12,14H2,1-3H3;6-7,12,17,19H,3-5,8-11,13H2,1-2H3;5-6,11,14,16,19H,2-4,7-10H2,1H3;2H2,1H3;2*1H/q+1;;;;;/p-1/t19-,21+,22+,23?;17-,19+,20+,21?;14-,16+,17+;;;/m111.../s1. The summed E-state index contributed by atoms with van der Waals surface area (Å²) in [6, 6.07) is 20.0. The van der Waals surface area contributed by atoms with Crippen LogP contribution in [0.5, 0.6) is 17.2 Å². The Kier molecular flexibility index (Phi) is 19.8. The first-order chi connectivity index (χ1) is 36.3. The number of alkyl halides is 1. The summed E-state index contributed by atoms with van der Waals surface area (Å²) < 4.78 is 22.3. The SMILES string of the molecule is CC(=O)OCBr.CC(=O)OC[N+]1(C)CC[C@@]23CCCC[C@@H]2[C@@H]1Cc1ccc(O)cc13.CC(=O)OC[N+]1(C)CC[C@@]23CCCC[C@@H]2[C@@H]1Cc1ccc(OC(C)=O)cc13.CN1CC[C@@]23CCCC[C@@H]2[C@@H]1Cc1ccc(O)cc13.[Cl-].[Cl-]. The molecule has 78 heavy (non-hydrogen) atoms. The number of hydrogen-bond acceptors (Lipinski definition) is 11. The van der Waals surface area contributed by atoms with Gasteiger partial charge in [0.2, 0.25) is 13.5 Å². The van der Waals surface area contributed by atoms with Crippen LogP contribution < -0.4 is 29.6 Å². The van der Waals surface area contributed by atoms with Gasteiger partial charge in [0, 0.05) is 87.5 Å². The van der Waals surface area contributed by atoms with E-state index >= 15 is 0 Å². The van der Waals surface area contributed by atoms with Gasteiger partial charge in [0.1, 0.15) is 22.8 Å². The van der Waals surface area contributed by atoms with Crippen molar-refractivity contribution >= 4 is 39.8 Å². The zero-order valence-corrected chi connectivity index (χ0v) is 50.4. The van der Waals surface area contributed by atoms with Gasteiger partial charge >= 0.3 is 23.9 Å². The molecule has 3 aromatic carbocycles. The van der Waals surface area contributed by atoms with Gasteiger partial charge in [-0.1, -0.05) is 56.7 Å². The van der Waals surface area contributed by atoms with Crippen molar-refractivity contribution in [3.63, 3.8) is 0 Å². The number of likely N-dealkylation sites (N-methyl/N-ethyl adjacent to an activating group) is 3. The highest BCUT2D eigenvalue weighted by atomic mass is 79.9. The normalized spacial score (nSPS) is 33.0. The summed E-state index contributed by atoms with van der Waals surface area (Å²) in [5, 5.41) is 20.0. The lowest BCUT2D eigenvalue weighted by atomic mass is 9.52. The Labute approximate surface area is 484 Å². The van der Waals surface area contributed by atoms with Crippen molar-refractivity contribution in [2.45, 2.75) is 178 Å². The number of ether oxygens (including phenoxy) is 4. The van der Waals surface area contributed by atoms with Crippen LogP contribution in [-0.2, 0) is 68.9 Å². The number of benzene rings is 3. The maximum Gasteiger partial charge on any atom is 0.308 e. The molecule has 12 rings (SSSR count). The van der Waals surface area contributed by atoms with E-state index in [1.165, 1.54) is 158 Å². The molecule has 2 N–H and O–H groups in total. The Bertz CT molecular complexity index is 2660. The van der Waals surface area contributed by atoms with Crippen LogP contribution in [0.15, 0.2) is 54.6 Å². The number of likely N-dealkylation sites (tertiary alicyclic amines) is 3. The van der Waals surface area contributed by atoms with Crippen LogP contribution in [0.4, 0.5) is 0 Å². The summed E-state index contributed by atoms with van der Waals surface area (Å²) in [5.41, 5.74) is 9.63. The van der Waals surface area contributed by atoms with Crippen LogP contribution in [-0.4, -0.2) is 126 Å². The average molecular weight is 1180 g/mol. The number of carbonyl (C=O) groups excluding carboxylic acids is 4. The first kappa shape index (κ1) is 61.7. The Hall–Kier alpha value is -3.92. The van der Waals surface area contributed by atoms with E-state index in [1.54, 1.807) is 0 Å². The van der Waals surface area contributed by atoms with E-state index in [4.69, 9.17) is 14.2 Å². The molecule has 430 valence electrons. The molecule has 3 aliphatic heterocycles. The summed E-state index contributed by atoms with van der Waals surface area (Å²) in [4.78, 5) is 46.6. The second-order valence-corrected chi connectivity index (χ2v) is 25.3. The Morgan fingerprint density at radius 2 is 0.987 bits per heavy atom. The quantitative estimate of drug-likeness (QED) is 0.119. The van der Waals surface area contributed by atoms with Gasteiger partial charge in [-0.25, -0.2) is 0 Å². The number of phenols is 2. The number of quaternary nitrogens is 2. The maximum absolute atomic E-state index is 11.4. The molecule has 0 radical (unpaired) electrons. The monoisotopic (exact) mass is 1180 g/mol. The number of halogens is 3. The minimum absolute atomic E-state index is 0. The predicted octanol–water partition coefficient (Wildman–Crippen LogP) is 4.44. The molecule has 0 spiro atoms. The highest BCUT2D eigenvalue weighted by Crippen LogP contribution is 2.60. The van der Waals surface area contributed by atoms with Crippen molar-refractivity contribution in [2.75, 3.05) is 59.8 Å². The lowest BCUT2D eigenvalue weighted by Crippen LogP contribution is -3.00. The fraction of sp³-hybridized carbons (Fsp3) is 0.645. The number of aromatic hydroxyl groups is 2. The third-order valence-electron chi connectivity index (χ3n) is 20.7. The number of fused-ring (bicyclic) bond motifs is 3. The molecule has 6 fully saturated rings. The van der Waals surface area contributed by atoms with Crippen molar-refractivity contribution in [2.24, 2.45) is 17.8 Å². The highest BCUT2D eigenvalue weighted by molar-refractivity contribution is 9.09. The number of esters is 4. The number of carbonyl (C=O) groups is 4. The fourth-order valence-electron chi connectivity index (χ4n) is 17.2. The number of phenolic OH excluding ortho intramolecular Hbond substituents is 2. The van der Waals surface area contributed by atoms with Gasteiger partial charge in [-0.3, -0.25) is 28.1 Å². The first-order valence-electron chi connectivity index (χ1n) is 28.6. The van der Waals surface area contributed by atoms with E-state index in [1.807, 2.05) is 24.3 Å². The van der Waals surface area contributed by atoms with Gasteiger partial charge in [-0.05, 0) is 157 Å². The summed E-state index contributed by atoms with van der Waals surface area (Å²) >= 11 is 2.91. The molecular weight excluding hydrogens is 1100 g/mol. The van der Waals surface area contributed by atoms with Crippen molar-refractivity contribution < 1.29 is 82.1 Å². The zero-order valence-electron chi connectivity index (χ0n) is 47.3. The molecule has 6 aliphatic carbocycles. The summed E-state index contributed by atoms with van der Waals surface area (Å²) in [6.45, 7) is 10.0. The molecule has 9 aliphatic rings. The first-order valence-corrected chi connectivity index (χ1v) is 29.7. The topological polar surface area (TPSA) is 149 Å². The molecule has 0 aromatic heterocycles. The molecule has 2 unspecified atom stereocenters. The van der Waals surface area contributed by atoms with Crippen LogP contribution in [0.2, 0.25) is 0 Å². The fourth-order valence-corrected chi connectivity index (χ4v) is 17.5. The van der Waals surface area contributed by atoms with Gasteiger partial charge in [-0.15, -0.1) is 0 Å². The van der Waals surface area contributed by atoms with Gasteiger partial charge in [0.05, 0.1) is 39.3 Å². The molecular formula is C62H86BrCl2N3O10. The molecule has 3 heterocycles. The minimum atomic E-state index is -0.268. The van der Waals surface area contributed by atoms with Crippen molar-refractivity contribution in [3.05, 3.63) is 88.0 Å². The largest absolute Gasteiger partial charge is 1.00 e. The zero-order chi connectivity index (χ0) is 54.2.